The normalized spacial score (nSPS) is 13.6. The molecule has 1 saturated heterocycles. The molecule has 0 atom stereocenters. The minimum Gasteiger partial charge on any atom is -0.372 e. The van der Waals surface area contributed by atoms with Crippen LogP contribution in [0.15, 0.2) is 61.1 Å². The maximum atomic E-state index is 4.52. The molecule has 3 heterocycles. The molecule has 6 heteroatoms. The lowest BCUT2D eigenvalue weighted by molar-refractivity contribution is 0.949. The van der Waals surface area contributed by atoms with E-state index in [-0.39, 0.29) is 0 Å². The molecule has 0 radical (unpaired) electrons. The number of aromatic nitrogens is 3. The molecule has 0 unspecified atom stereocenters. The van der Waals surface area contributed by atoms with Gasteiger partial charge in [0.1, 0.15) is 5.82 Å². The second-order valence-corrected chi connectivity index (χ2v) is 6.35. The smallest absolute Gasteiger partial charge is 0.224 e. The Hall–Kier alpha value is -3.15. The Bertz CT molecular complexity index is 828. The molecule has 0 bridgehead atoms. The van der Waals surface area contributed by atoms with Gasteiger partial charge in [0.25, 0.3) is 0 Å². The SMILES string of the molecule is c1cncc(CNc2nccc(Nc3ccc(N4CCCC4)cc3)n2)c1. The molecule has 0 spiro atoms. The first-order valence-electron chi connectivity index (χ1n) is 8.95. The summed E-state index contributed by atoms with van der Waals surface area (Å²) in [5.74, 6) is 1.36. The Labute approximate surface area is 153 Å². The maximum absolute atomic E-state index is 4.52. The first kappa shape index (κ1) is 16.3. The first-order valence-corrected chi connectivity index (χ1v) is 8.95. The highest BCUT2D eigenvalue weighted by atomic mass is 15.1. The van der Waals surface area contributed by atoms with Gasteiger partial charge in [0.05, 0.1) is 0 Å². The van der Waals surface area contributed by atoms with Crippen molar-refractivity contribution in [1.29, 1.82) is 0 Å². The van der Waals surface area contributed by atoms with Crippen LogP contribution in [0.2, 0.25) is 0 Å². The van der Waals surface area contributed by atoms with Gasteiger partial charge in [-0.3, -0.25) is 4.98 Å². The summed E-state index contributed by atoms with van der Waals surface area (Å²) < 4.78 is 0. The molecule has 6 nitrogen and oxygen atoms in total. The number of nitrogens with one attached hydrogen (secondary N) is 2. The maximum Gasteiger partial charge on any atom is 0.224 e. The van der Waals surface area contributed by atoms with Crippen LogP contribution in [0.25, 0.3) is 0 Å². The monoisotopic (exact) mass is 346 g/mol. The topological polar surface area (TPSA) is 66.0 Å². The average Bonchev–Trinajstić information content (AvgIpc) is 3.23. The highest BCUT2D eigenvalue weighted by molar-refractivity contribution is 5.61. The summed E-state index contributed by atoms with van der Waals surface area (Å²) in [5, 5.41) is 6.56. The van der Waals surface area contributed by atoms with Crippen molar-refractivity contribution < 1.29 is 0 Å². The van der Waals surface area contributed by atoms with E-state index in [0.717, 1.165) is 30.2 Å². The quantitative estimate of drug-likeness (QED) is 0.707. The molecule has 4 rings (SSSR count). The molecule has 3 aromatic rings. The van der Waals surface area contributed by atoms with Crippen LogP contribution >= 0.6 is 0 Å². The predicted molar refractivity (Wildman–Crippen MR) is 105 cm³/mol. The molecular weight excluding hydrogens is 324 g/mol. The van der Waals surface area contributed by atoms with Crippen LogP contribution in [-0.4, -0.2) is 28.0 Å². The van der Waals surface area contributed by atoms with E-state index in [0.29, 0.717) is 12.5 Å². The van der Waals surface area contributed by atoms with E-state index in [1.54, 1.807) is 12.4 Å². The predicted octanol–water partition coefficient (Wildman–Crippen LogP) is 3.83. The fourth-order valence-corrected chi connectivity index (χ4v) is 3.08. The fraction of sp³-hybridized carbons (Fsp3) is 0.250. The molecule has 2 N–H and O–H groups in total. The van der Waals surface area contributed by atoms with E-state index >= 15 is 0 Å². The van der Waals surface area contributed by atoms with Crippen LogP contribution in [0.5, 0.6) is 0 Å². The zero-order valence-electron chi connectivity index (χ0n) is 14.6. The molecule has 1 aliphatic heterocycles. The molecule has 1 aliphatic rings. The number of hydrogen-bond donors (Lipinski definition) is 2. The third-order valence-corrected chi connectivity index (χ3v) is 4.44. The Morgan fingerprint density at radius 3 is 2.58 bits per heavy atom. The Balaban J connectivity index is 1.38. The van der Waals surface area contributed by atoms with Gasteiger partial charge >= 0.3 is 0 Å². The van der Waals surface area contributed by atoms with Gasteiger partial charge < -0.3 is 15.5 Å². The zero-order chi connectivity index (χ0) is 17.6. The summed E-state index contributed by atoms with van der Waals surface area (Å²) in [6.45, 7) is 2.96. The molecule has 2 aromatic heterocycles. The molecule has 1 fully saturated rings. The summed E-state index contributed by atoms with van der Waals surface area (Å²) in [6.07, 6.45) is 7.92. The van der Waals surface area contributed by atoms with Gasteiger partial charge in [0.2, 0.25) is 5.95 Å². The molecule has 1 aromatic carbocycles. The van der Waals surface area contributed by atoms with Gasteiger partial charge in [-0.1, -0.05) is 6.07 Å². The largest absolute Gasteiger partial charge is 0.372 e. The molecule has 0 saturated carbocycles. The van der Waals surface area contributed by atoms with Crippen molar-refractivity contribution in [2.45, 2.75) is 19.4 Å². The summed E-state index contributed by atoms with van der Waals surface area (Å²) in [7, 11) is 0. The van der Waals surface area contributed by atoms with E-state index in [9.17, 15) is 0 Å². The number of benzene rings is 1. The third kappa shape index (κ3) is 4.08. The minimum absolute atomic E-state index is 0.590. The molecule has 0 amide bonds. The number of nitrogens with zero attached hydrogens (tertiary/aromatic N) is 4. The highest BCUT2D eigenvalue weighted by Gasteiger charge is 2.11. The summed E-state index contributed by atoms with van der Waals surface area (Å²) >= 11 is 0. The van der Waals surface area contributed by atoms with Gasteiger partial charge in [0, 0.05) is 49.6 Å². The summed E-state index contributed by atoms with van der Waals surface area (Å²) in [5.41, 5.74) is 3.39. The minimum atomic E-state index is 0.590. The number of hydrogen-bond acceptors (Lipinski definition) is 6. The first-order chi connectivity index (χ1) is 12.9. The standard InChI is InChI=1S/C20H22N6/c1-2-13-26(12-1)18-7-5-17(6-8-18)24-19-9-11-22-20(25-19)23-15-16-4-3-10-21-14-16/h3-11,14H,1-2,12-13,15H2,(H2,22,23,24,25). The molecule has 26 heavy (non-hydrogen) atoms. The number of pyridine rings is 1. The van der Waals surface area contributed by atoms with Crippen LogP contribution in [0.3, 0.4) is 0 Å². The van der Waals surface area contributed by atoms with E-state index < -0.39 is 0 Å². The second-order valence-electron chi connectivity index (χ2n) is 6.35. The van der Waals surface area contributed by atoms with Crippen molar-refractivity contribution in [3.8, 4) is 0 Å². The number of rotatable bonds is 6. The lowest BCUT2D eigenvalue weighted by Crippen LogP contribution is -2.17. The van der Waals surface area contributed by atoms with Crippen LogP contribution in [0.1, 0.15) is 18.4 Å². The fourth-order valence-electron chi connectivity index (χ4n) is 3.08. The number of anilines is 4. The van der Waals surface area contributed by atoms with Crippen LogP contribution in [-0.2, 0) is 6.54 Å². The van der Waals surface area contributed by atoms with Gasteiger partial charge in [-0.25, -0.2) is 4.98 Å². The van der Waals surface area contributed by atoms with Crippen molar-refractivity contribution in [2.24, 2.45) is 0 Å². The van der Waals surface area contributed by atoms with E-state index in [2.05, 4.69) is 54.8 Å². The Morgan fingerprint density at radius 1 is 0.962 bits per heavy atom. The Kier molecular flexibility index (Phi) is 4.91. The van der Waals surface area contributed by atoms with E-state index in [1.807, 2.05) is 24.4 Å². The van der Waals surface area contributed by atoms with Crippen molar-refractivity contribution in [3.05, 3.63) is 66.6 Å². The van der Waals surface area contributed by atoms with Gasteiger partial charge in [-0.2, -0.15) is 4.98 Å². The van der Waals surface area contributed by atoms with Gasteiger partial charge in [-0.15, -0.1) is 0 Å². The van der Waals surface area contributed by atoms with Gasteiger partial charge in [-0.05, 0) is 54.8 Å². The van der Waals surface area contributed by atoms with Crippen LogP contribution in [0, 0.1) is 0 Å². The summed E-state index contributed by atoms with van der Waals surface area (Å²) in [6, 6.07) is 14.3. The van der Waals surface area contributed by atoms with E-state index in [4.69, 9.17) is 0 Å². The van der Waals surface area contributed by atoms with Crippen molar-refractivity contribution >= 4 is 23.1 Å². The van der Waals surface area contributed by atoms with Crippen LogP contribution in [0.4, 0.5) is 23.1 Å². The molecular formula is C20H22N6. The summed E-state index contributed by atoms with van der Waals surface area (Å²) in [4.78, 5) is 15.3. The van der Waals surface area contributed by atoms with Crippen molar-refractivity contribution in [2.75, 3.05) is 28.6 Å². The lowest BCUT2D eigenvalue weighted by atomic mass is 10.2. The average molecular weight is 346 g/mol. The van der Waals surface area contributed by atoms with Crippen LogP contribution < -0.4 is 15.5 Å². The van der Waals surface area contributed by atoms with Crippen molar-refractivity contribution in [1.82, 2.24) is 15.0 Å². The molecule has 0 aliphatic carbocycles. The van der Waals surface area contributed by atoms with Crippen molar-refractivity contribution in [3.63, 3.8) is 0 Å². The zero-order valence-corrected chi connectivity index (χ0v) is 14.6. The van der Waals surface area contributed by atoms with E-state index in [1.165, 1.54) is 18.5 Å². The lowest BCUT2D eigenvalue weighted by Gasteiger charge is -2.18. The Morgan fingerprint density at radius 2 is 1.81 bits per heavy atom. The highest BCUT2D eigenvalue weighted by Crippen LogP contribution is 2.23. The third-order valence-electron chi connectivity index (χ3n) is 4.44. The second kappa shape index (κ2) is 7.82. The van der Waals surface area contributed by atoms with Gasteiger partial charge in [0.15, 0.2) is 0 Å². The molecule has 132 valence electrons.